The van der Waals surface area contributed by atoms with Gasteiger partial charge in [0.25, 0.3) is 0 Å². The quantitative estimate of drug-likeness (QED) is 0.779. The van der Waals surface area contributed by atoms with E-state index in [9.17, 15) is 14.7 Å². The van der Waals surface area contributed by atoms with E-state index in [-0.39, 0.29) is 12.0 Å². The molecule has 1 aromatic carbocycles. The van der Waals surface area contributed by atoms with Crippen LogP contribution in [0.5, 0.6) is 0 Å². The second-order valence-corrected chi connectivity index (χ2v) is 7.01. The molecule has 1 aliphatic carbocycles. The van der Waals surface area contributed by atoms with Crippen molar-refractivity contribution in [1.82, 2.24) is 4.90 Å². The number of aryl methyl sites for hydroxylation is 1. The molecular formula is C19H25NO4. The highest BCUT2D eigenvalue weighted by Crippen LogP contribution is 2.47. The minimum atomic E-state index is -1.17. The van der Waals surface area contributed by atoms with Crippen LogP contribution in [0, 0.1) is 12.3 Å². The number of hydrogen-bond acceptors (Lipinski definition) is 3. The van der Waals surface area contributed by atoms with Crippen molar-refractivity contribution in [3.63, 3.8) is 0 Å². The van der Waals surface area contributed by atoms with Gasteiger partial charge in [-0.1, -0.05) is 29.8 Å². The number of benzene rings is 1. The van der Waals surface area contributed by atoms with Crippen LogP contribution in [0.2, 0.25) is 0 Å². The van der Waals surface area contributed by atoms with Crippen molar-refractivity contribution in [1.29, 1.82) is 0 Å². The van der Waals surface area contributed by atoms with E-state index in [1.54, 1.807) is 4.90 Å². The first kappa shape index (κ1) is 17.0. The molecule has 2 fully saturated rings. The summed E-state index contributed by atoms with van der Waals surface area (Å²) < 4.78 is 5.65. The second kappa shape index (κ2) is 6.93. The van der Waals surface area contributed by atoms with Gasteiger partial charge in [-0.3, -0.25) is 9.59 Å². The van der Waals surface area contributed by atoms with E-state index in [0.29, 0.717) is 25.9 Å². The van der Waals surface area contributed by atoms with Crippen LogP contribution in [0.1, 0.15) is 36.8 Å². The van der Waals surface area contributed by atoms with Gasteiger partial charge in [0.2, 0.25) is 5.91 Å². The third-order valence-electron chi connectivity index (χ3n) is 5.09. The average Bonchev–Trinajstić information content (AvgIpc) is 3.23. The first-order chi connectivity index (χ1) is 11.5. The molecule has 1 atom stereocenters. The van der Waals surface area contributed by atoms with E-state index in [1.807, 2.05) is 6.92 Å². The number of nitrogens with zero attached hydrogens (tertiary/aromatic N) is 1. The van der Waals surface area contributed by atoms with Gasteiger partial charge in [0.15, 0.2) is 0 Å². The van der Waals surface area contributed by atoms with Crippen LogP contribution in [0.3, 0.4) is 0 Å². The lowest BCUT2D eigenvalue weighted by Gasteiger charge is -2.28. The summed E-state index contributed by atoms with van der Waals surface area (Å²) in [4.78, 5) is 26.0. The number of amides is 1. The fourth-order valence-corrected chi connectivity index (χ4v) is 3.28. The predicted octanol–water partition coefficient (Wildman–Crippen LogP) is 2.41. The van der Waals surface area contributed by atoms with Crippen molar-refractivity contribution in [3.05, 3.63) is 35.4 Å². The zero-order valence-electron chi connectivity index (χ0n) is 14.2. The average molecular weight is 331 g/mol. The Labute approximate surface area is 142 Å². The van der Waals surface area contributed by atoms with Gasteiger partial charge in [-0.15, -0.1) is 0 Å². The summed E-state index contributed by atoms with van der Waals surface area (Å²) in [6.07, 6.45) is 3.62. The van der Waals surface area contributed by atoms with Crippen LogP contribution < -0.4 is 0 Å². The highest BCUT2D eigenvalue weighted by Gasteiger charge is 2.58. The number of carbonyl (C=O) groups excluding carboxylic acids is 1. The van der Waals surface area contributed by atoms with Crippen LogP contribution >= 0.6 is 0 Å². The molecule has 1 saturated carbocycles. The molecular weight excluding hydrogens is 306 g/mol. The summed E-state index contributed by atoms with van der Waals surface area (Å²) >= 11 is 0. The lowest BCUT2D eigenvalue weighted by molar-refractivity contribution is -0.154. The Morgan fingerprint density at radius 2 is 2.00 bits per heavy atom. The normalized spacial score (nSPS) is 21.5. The van der Waals surface area contributed by atoms with Crippen LogP contribution in [-0.2, 0) is 20.7 Å². The standard InChI is InChI=1S/C19H25NO4/c1-14-4-6-15(7-5-14)8-11-20(13-16-3-2-12-24-16)17(21)19(9-10-19)18(22)23/h4-7,16H,2-3,8-13H2,1H3,(H,22,23). The van der Waals surface area contributed by atoms with Gasteiger partial charge in [-0.25, -0.2) is 0 Å². The summed E-state index contributed by atoms with van der Waals surface area (Å²) in [7, 11) is 0. The molecule has 0 radical (unpaired) electrons. The number of hydrogen-bond donors (Lipinski definition) is 1. The van der Waals surface area contributed by atoms with Crippen LogP contribution in [0.15, 0.2) is 24.3 Å². The third kappa shape index (κ3) is 3.61. The second-order valence-electron chi connectivity index (χ2n) is 7.01. The minimum absolute atomic E-state index is 0.0385. The Hall–Kier alpha value is -1.88. The van der Waals surface area contributed by atoms with Crippen LogP contribution in [0.25, 0.3) is 0 Å². The molecule has 5 nitrogen and oxygen atoms in total. The molecule has 3 rings (SSSR count). The molecule has 1 aromatic rings. The molecule has 0 aromatic heterocycles. The minimum Gasteiger partial charge on any atom is -0.480 e. The van der Waals surface area contributed by atoms with Gasteiger partial charge in [-0.05, 0) is 44.6 Å². The van der Waals surface area contributed by atoms with Crippen molar-refractivity contribution < 1.29 is 19.4 Å². The Morgan fingerprint density at radius 1 is 1.29 bits per heavy atom. The van der Waals surface area contributed by atoms with Gasteiger partial charge in [-0.2, -0.15) is 0 Å². The van der Waals surface area contributed by atoms with Crippen molar-refractivity contribution >= 4 is 11.9 Å². The van der Waals surface area contributed by atoms with Crippen LogP contribution in [0.4, 0.5) is 0 Å². The fourth-order valence-electron chi connectivity index (χ4n) is 3.28. The zero-order valence-corrected chi connectivity index (χ0v) is 14.2. The molecule has 0 spiro atoms. The summed E-state index contributed by atoms with van der Waals surface area (Å²) in [5, 5.41) is 9.42. The molecule has 0 bridgehead atoms. The molecule has 1 aliphatic heterocycles. The molecule has 1 unspecified atom stereocenters. The first-order valence-corrected chi connectivity index (χ1v) is 8.71. The maximum Gasteiger partial charge on any atom is 0.319 e. The predicted molar refractivity (Wildman–Crippen MR) is 89.7 cm³/mol. The van der Waals surface area contributed by atoms with E-state index in [0.717, 1.165) is 31.4 Å². The van der Waals surface area contributed by atoms with Crippen molar-refractivity contribution in [3.8, 4) is 0 Å². The number of ether oxygens (including phenoxy) is 1. The third-order valence-corrected chi connectivity index (χ3v) is 5.09. The Kier molecular flexibility index (Phi) is 4.90. The van der Waals surface area contributed by atoms with E-state index in [1.165, 1.54) is 5.56 Å². The van der Waals surface area contributed by atoms with E-state index in [4.69, 9.17) is 4.74 Å². The molecule has 5 heteroatoms. The highest BCUT2D eigenvalue weighted by atomic mass is 16.5. The van der Waals surface area contributed by atoms with E-state index >= 15 is 0 Å². The van der Waals surface area contributed by atoms with E-state index in [2.05, 4.69) is 24.3 Å². The zero-order chi connectivity index (χ0) is 17.2. The number of carboxylic acids is 1. The number of carbonyl (C=O) groups is 2. The molecule has 1 heterocycles. The van der Waals surface area contributed by atoms with Crippen molar-refractivity contribution in [2.24, 2.45) is 5.41 Å². The SMILES string of the molecule is Cc1ccc(CCN(CC2CCCO2)C(=O)C2(C(=O)O)CC2)cc1. The van der Waals surface area contributed by atoms with Gasteiger partial charge in [0, 0.05) is 19.7 Å². The molecule has 2 aliphatic rings. The summed E-state index contributed by atoms with van der Waals surface area (Å²) in [5.41, 5.74) is 1.19. The van der Waals surface area contributed by atoms with Gasteiger partial charge in [0.05, 0.1) is 6.10 Å². The lowest BCUT2D eigenvalue weighted by atomic mass is 10.0. The topological polar surface area (TPSA) is 66.8 Å². The molecule has 1 N–H and O–H groups in total. The maximum absolute atomic E-state index is 12.8. The van der Waals surface area contributed by atoms with Crippen LogP contribution in [-0.4, -0.2) is 47.7 Å². The maximum atomic E-state index is 12.8. The molecule has 130 valence electrons. The summed E-state index contributed by atoms with van der Waals surface area (Å²) in [5.74, 6) is -1.22. The highest BCUT2D eigenvalue weighted by molar-refractivity contribution is 6.04. The van der Waals surface area contributed by atoms with Crippen molar-refractivity contribution in [2.45, 2.75) is 45.1 Å². The molecule has 1 amide bonds. The monoisotopic (exact) mass is 331 g/mol. The van der Waals surface area contributed by atoms with Crippen molar-refractivity contribution in [2.75, 3.05) is 19.7 Å². The Balaban J connectivity index is 1.68. The van der Waals surface area contributed by atoms with Gasteiger partial charge >= 0.3 is 5.97 Å². The van der Waals surface area contributed by atoms with Gasteiger partial charge < -0.3 is 14.7 Å². The number of carboxylic acid groups (broad SMARTS) is 1. The largest absolute Gasteiger partial charge is 0.480 e. The number of aliphatic carboxylic acids is 1. The molecule has 1 saturated heterocycles. The number of rotatable bonds is 7. The smallest absolute Gasteiger partial charge is 0.319 e. The van der Waals surface area contributed by atoms with E-state index < -0.39 is 11.4 Å². The lowest BCUT2D eigenvalue weighted by Crippen LogP contribution is -2.45. The first-order valence-electron chi connectivity index (χ1n) is 8.71. The fraction of sp³-hybridized carbons (Fsp3) is 0.579. The summed E-state index contributed by atoms with van der Waals surface area (Å²) in [6, 6.07) is 8.24. The molecule has 24 heavy (non-hydrogen) atoms. The Morgan fingerprint density at radius 3 is 2.54 bits per heavy atom. The van der Waals surface area contributed by atoms with Gasteiger partial charge in [0.1, 0.15) is 5.41 Å². The Bertz CT molecular complexity index is 600. The summed E-state index contributed by atoms with van der Waals surface area (Å²) in [6.45, 7) is 3.81.